The largest absolute Gasteiger partial charge is 0.493 e. The predicted octanol–water partition coefficient (Wildman–Crippen LogP) is 4.62. The molecule has 204 valence electrons. The number of allylic oxidation sites excluding steroid dienone is 1. The monoisotopic (exact) mass is 612 g/mol. The molecule has 0 saturated heterocycles. The number of halogens is 1. The number of hydrogen-bond donors (Lipinski definition) is 0. The number of nitrogens with zero attached hydrogens (tertiary/aromatic N) is 2. The molecule has 0 saturated carbocycles. The molecular formula is C29H29BrN2O6S. The van der Waals surface area contributed by atoms with Gasteiger partial charge >= 0.3 is 11.9 Å². The molecule has 0 bridgehead atoms. The number of ether oxygens (including phenoxy) is 3. The standard InChI is InChI=1S/C29H29BrN2O6S/c1-7-37-28(35)24-16(4)31-29-32(25(24)20-10-8-19(9-11-20)15(2)3)27(34)23(39-29)14-18-12-21(30)26(38-17(5)33)22(13-18)36-6/h8-15,25H,7H2,1-6H3/b23-14-/t25-/m0/s1. The molecule has 0 fully saturated rings. The number of carbonyl (C=O) groups excluding carboxylic acids is 2. The molecule has 0 aliphatic carbocycles. The van der Waals surface area contributed by atoms with Gasteiger partial charge < -0.3 is 14.2 Å². The van der Waals surface area contributed by atoms with Gasteiger partial charge in [-0.2, -0.15) is 0 Å². The third-order valence-electron chi connectivity index (χ3n) is 6.23. The smallest absolute Gasteiger partial charge is 0.338 e. The lowest BCUT2D eigenvalue weighted by molar-refractivity contribution is -0.139. The van der Waals surface area contributed by atoms with Gasteiger partial charge in [0.05, 0.1) is 40.0 Å². The highest BCUT2D eigenvalue weighted by molar-refractivity contribution is 9.10. The Labute approximate surface area is 238 Å². The first-order valence-corrected chi connectivity index (χ1v) is 14.0. The van der Waals surface area contributed by atoms with E-state index in [-0.39, 0.29) is 17.9 Å². The van der Waals surface area contributed by atoms with Crippen molar-refractivity contribution in [1.29, 1.82) is 0 Å². The Morgan fingerprint density at radius 3 is 2.49 bits per heavy atom. The van der Waals surface area contributed by atoms with E-state index in [1.807, 2.05) is 24.3 Å². The maximum absolute atomic E-state index is 13.9. The predicted molar refractivity (Wildman–Crippen MR) is 153 cm³/mol. The first kappa shape index (κ1) is 28.5. The van der Waals surface area contributed by atoms with Crippen LogP contribution < -0.4 is 24.4 Å². The summed E-state index contributed by atoms with van der Waals surface area (Å²) in [5.41, 5.74) is 3.16. The van der Waals surface area contributed by atoms with Gasteiger partial charge in [0.15, 0.2) is 16.3 Å². The minimum atomic E-state index is -0.684. The van der Waals surface area contributed by atoms with Crippen LogP contribution >= 0.6 is 27.3 Å². The number of rotatable bonds is 7. The zero-order chi connectivity index (χ0) is 28.4. The van der Waals surface area contributed by atoms with Crippen LogP contribution in [0.5, 0.6) is 11.5 Å². The van der Waals surface area contributed by atoms with Crippen LogP contribution in [0.2, 0.25) is 0 Å². The molecule has 1 atom stereocenters. The molecule has 0 unspecified atom stereocenters. The number of methoxy groups -OCH3 is 1. The van der Waals surface area contributed by atoms with Crippen LogP contribution in [0.1, 0.15) is 63.3 Å². The van der Waals surface area contributed by atoms with E-state index in [2.05, 4.69) is 34.8 Å². The zero-order valence-corrected chi connectivity index (χ0v) is 24.9. The molecule has 10 heteroatoms. The lowest BCUT2D eigenvalue weighted by Crippen LogP contribution is -2.39. The highest BCUT2D eigenvalue weighted by Gasteiger charge is 2.33. The van der Waals surface area contributed by atoms with Crippen molar-refractivity contribution in [3.8, 4) is 11.5 Å². The number of aromatic nitrogens is 1. The van der Waals surface area contributed by atoms with Gasteiger partial charge in [-0.3, -0.25) is 14.2 Å². The highest BCUT2D eigenvalue weighted by Crippen LogP contribution is 2.37. The average Bonchev–Trinajstić information content (AvgIpc) is 3.18. The average molecular weight is 614 g/mol. The van der Waals surface area contributed by atoms with Gasteiger partial charge in [-0.25, -0.2) is 9.79 Å². The molecular weight excluding hydrogens is 584 g/mol. The van der Waals surface area contributed by atoms with Crippen molar-refractivity contribution in [3.05, 3.63) is 88.5 Å². The maximum atomic E-state index is 13.9. The Balaban J connectivity index is 1.91. The molecule has 1 aliphatic heterocycles. The molecule has 0 amide bonds. The van der Waals surface area contributed by atoms with E-state index in [4.69, 9.17) is 14.2 Å². The second kappa shape index (κ2) is 11.7. The van der Waals surface area contributed by atoms with Crippen molar-refractivity contribution in [2.45, 2.75) is 46.6 Å². The zero-order valence-electron chi connectivity index (χ0n) is 22.5. The molecule has 0 spiro atoms. The summed E-state index contributed by atoms with van der Waals surface area (Å²) in [6.07, 6.45) is 1.72. The molecule has 1 aliphatic rings. The van der Waals surface area contributed by atoms with E-state index < -0.39 is 18.0 Å². The fourth-order valence-corrected chi connectivity index (χ4v) is 5.97. The van der Waals surface area contributed by atoms with E-state index in [1.54, 1.807) is 36.6 Å². The highest BCUT2D eigenvalue weighted by atomic mass is 79.9. The van der Waals surface area contributed by atoms with Crippen LogP contribution in [0.3, 0.4) is 0 Å². The summed E-state index contributed by atoms with van der Waals surface area (Å²) >= 11 is 4.65. The van der Waals surface area contributed by atoms with Crippen molar-refractivity contribution < 1.29 is 23.8 Å². The first-order valence-electron chi connectivity index (χ1n) is 12.4. The van der Waals surface area contributed by atoms with Crippen LogP contribution in [-0.2, 0) is 14.3 Å². The number of hydrogen-bond acceptors (Lipinski definition) is 8. The molecule has 1 aromatic heterocycles. The van der Waals surface area contributed by atoms with Crippen LogP contribution in [-0.4, -0.2) is 30.2 Å². The molecule has 2 aromatic carbocycles. The van der Waals surface area contributed by atoms with E-state index in [0.29, 0.717) is 42.3 Å². The molecule has 3 aromatic rings. The van der Waals surface area contributed by atoms with Gasteiger partial charge in [0.2, 0.25) is 0 Å². The summed E-state index contributed by atoms with van der Waals surface area (Å²) in [7, 11) is 1.47. The van der Waals surface area contributed by atoms with E-state index in [0.717, 1.165) is 11.1 Å². The van der Waals surface area contributed by atoms with Crippen molar-refractivity contribution >= 4 is 45.3 Å². The lowest BCUT2D eigenvalue weighted by atomic mass is 9.93. The number of thiazole rings is 1. The van der Waals surface area contributed by atoms with Gasteiger partial charge in [0.25, 0.3) is 5.56 Å². The summed E-state index contributed by atoms with van der Waals surface area (Å²) in [4.78, 5) is 43.6. The van der Waals surface area contributed by atoms with Crippen LogP contribution in [0.4, 0.5) is 0 Å². The summed E-state index contributed by atoms with van der Waals surface area (Å²) in [6.45, 7) is 9.23. The Morgan fingerprint density at radius 1 is 1.21 bits per heavy atom. The fraction of sp³-hybridized carbons (Fsp3) is 0.310. The fourth-order valence-electron chi connectivity index (χ4n) is 4.39. The maximum Gasteiger partial charge on any atom is 0.338 e. The minimum Gasteiger partial charge on any atom is -0.493 e. The number of fused-ring (bicyclic) bond motifs is 1. The Kier molecular flexibility index (Phi) is 8.56. The van der Waals surface area contributed by atoms with Crippen molar-refractivity contribution in [1.82, 2.24) is 4.57 Å². The van der Waals surface area contributed by atoms with Crippen molar-refractivity contribution in [2.24, 2.45) is 4.99 Å². The van der Waals surface area contributed by atoms with Crippen LogP contribution in [0, 0.1) is 0 Å². The van der Waals surface area contributed by atoms with Gasteiger partial charge in [-0.15, -0.1) is 0 Å². The topological polar surface area (TPSA) is 96.2 Å². The van der Waals surface area contributed by atoms with Crippen molar-refractivity contribution in [2.75, 3.05) is 13.7 Å². The third-order valence-corrected chi connectivity index (χ3v) is 7.80. The van der Waals surface area contributed by atoms with Gasteiger partial charge in [0, 0.05) is 6.92 Å². The molecule has 39 heavy (non-hydrogen) atoms. The third kappa shape index (κ3) is 5.77. The molecule has 0 N–H and O–H groups in total. The summed E-state index contributed by atoms with van der Waals surface area (Å²) < 4.78 is 18.5. The van der Waals surface area contributed by atoms with E-state index >= 15 is 0 Å². The normalized spacial score (nSPS) is 15.2. The lowest BCUT2D eigenvalue weighted by Gasteiger charge is -2.25. The Bertz CT molecular complexity index is 1650. The second-order valence-electron chi connectivity index (χ2n) is 9.25. The summed E-state index contributed by atoms with van der Waals surface area (Å²) in [5, 5.41) is 0. The van der Waals surface area contributed by atoms with Crippen LogP contribution in [0.25, 0.3) is 6.08 Å². The van der Waals surface area contributed by atoms with Gasteiger partial charge in [0.1, 0.15) is 0 Å². The van der Waals surface area contributed by atoms with Gasteiger partial charge in [-0.05, 0) is 70.6 Å². The first-order chi connectivity index (χ1) is 18.5. The molecule has 4 rings (SSSR count). The second-order valence-corrected chi connectivity index (χ2v) is 11.1. The molecule has 8 nitrogen and oxygen atoms in total. The number of carbonyl (C=O) groups is 2. The Morgan fingerprint density at radius 2 is 1.90 bits per heavy atom. The number of esters is 2. The quantitative estimate of drug-likeness (QED) is 0.285. The number of benzene rings is 2. The van der Waals surface area contributed by atoms with E-state index in [1.165, 1.54) is 25.4 Å². The van der Waals surface area contributed by atoms with Gasteiger partial charge in [-0.1, -0.05) is 49.4 Å². The Hall–Kier alpha value is -3.50. The molecule has 0 radical (unpaired) electrons. The molecule has 2 heterocycles. The SMILES string of the molecule is CCOC(=O)C1=C(C)N=c2s/c(=C\c3cc(Br)c(OC(C)=O)c(OC)c3)c(=O)n2[C@H]1c1ccc(C(C)C)cc1. The van der Waals surface area contributed by atoms with Crippen LogP contribution in [0.15, 0.2) is 61.9 Å². The van der Waals surface area contributed by atoms with Crippen molar-refractivity contribution in [3.63, 3.8) is 0 Å². The summed E-state index contributed by atoms with van der Waals surface area (Å²) in [5.74, 6) is -0.0540. The summed E-state index contributed by atoms with van der Waals surface area (Å²) in [6, 6.07) is 10.7. The minimum absolute atomic E-state index is 0.207. The van der Waals surface area contributed by atoms with E-state index in [9.17, 15) is 14.4 Å².